The second-order valence-electron chi connectivity index (χ2n) is 9.73. The minimum Gasteiger partial charge on any atom is -0.446 e. The van der Waals surface area contributed by atoms with E-state index in [1.807, 2.05) is 0 Å². The van der Waals surface area contributed by atoms with Crippen LogP contribution in [0.4, 0.5) is 4.79 Å². The van der Waals surface area contributed by atoms with E-state index in [1.54, 1.807) is 0 Å². The molecule has 2 fully saturated rings. The Balaban J connectivity index is 2.36. The monoisotopic (exact) mass is 353 g/mol. The summed E-state index contributed by atoms with van der Waals surface area (Å²) in [5, 5.41) is 11.0. The van der Waals surface area contributed by atoms with Gasteiger partial charge in [-0.1, -0.05) is 54.4 Å². The minimum atomic E-state index is -0.671. The van der Waals surface area contributed by atoms with Crippen molar-refractivity contribution in [1.29, 1.82) is 0 Å². The first-order chi connectivity index (χ1) is 11.5. The van der Waals surface area contributed by atoms with Crippen molar-refractivity contribution < 1.29 is 14.6 Å². The first kappa shape index (κ1) is 20.5. The largest absolute Gasteiger partial charge is 0.446 e. The fourth-order valence-corrected chi connectivity index (χ4v) is 5.97. The minimum absolute atomic E-state index is 0.119. The van der Waals surface area contributed by atoms with Crippen LogP contribution in [0, 0.1) is 34.5 Å². The summed E-state index contributed by atoms with van der Waals surface area (Å²) >= 11 is 0. The molecule has 2 aliphatic carbocycles. The molecule has 0 radical (unpaired) electrons. The second kappa shape index (κ2) is 7.46. The van der Waals surface area contributed by atoms with E-state index in [2.05, 4.69) is 41.5 Å². The lowest BCUT2D eigenvalue weighted by Gasteiger charge is -2.62. The van der Waals surface area contributed by atoms with Crippen molar-refractivity contribution in [2.75, 3.05) is 0 Å². The number of fused-ring (bicyclic) bond motifs is 1. The van der Waals surface area contributed by atoms with Crippen LogP contribution >= 0.6 is 0 Å². The number of aliphatic hydroxyl groups is 1. The summed E-state index contributed by atoms with van der Waals surface area (Å²) in [6.45, 7) is 13.6. The van der Waals surface area contributed by atoms with E-state index in [0.717, 1.165) is 32.1 Å². The quantitative estimate of drug-likeness (QED) is 0.750. The topological polar surface area (TPSA) is 72.5 Å². The number of carbonyl (C=O) groups is 1. The molecule has 3 N–H and O–H groups in total. The highest BCUT2D eigenvalue weighted by molar-refractivity contribution is 5.64. The van der Waals surface area contributed by atoms with Gasteiger partial charge in [0.2, 0.25) is 0 Å². The Bertz CT molecular complexity index is 478. The highest BCUT2D eigenvalue weighted by Crippen LogP contribution is 2.62. The maximum atomic E-state index is 11.4. The molecule has 0 aliphatic heterocycles. The third-order valence-corrected chi connectivity index (χ3v) is 7.90. The first-order valence-electron chi connectivity index (χ1n) is 10.2. The van der Waals surface area contributed by atoms with Crippen molar-refractivity contribution in [2.24, 2.45) is 40.2 Å². The Morgan fingerprint density at radius 2 is 2.00 bits per heavy atom. The van der Waals surface area contributed by atoms with Gasteiger partial charge in [-0.2, -0.15) is 0 Å². The molecule has 0 aromatic rings. The Kier molecular flexibility index (Phi) is 6.13. The van der Waals surface area contributed by atoms with Crippen LogP contribution in [0.15, 0.2) is 0 Å². The highest BCUT2D eigenvalue weighted by atomic mass is 16.6. The molecule has 146 valence electrons. The van der Waals surface area contributed by atoms with Crippen LogP contribution in [0.1, 0.15) is 80.1 Å². The van der Waals surface area contributed by atoms with Gasteiger partial charge in [0.1, 0.15) is 6.10 Å². The predicted octanol–water partition coefficient (Wildman–Crippen LogP) is 4.74. The van der Waals surface area contributed by atoms with E-state index in [4.69, 9.17) is 10.5 Å². The molecule has 1 amide bonds. The molecule has 0 saturated heterocycles. The van der Waals surface area contributed by atoms with E-state index < -0.39 is 6.09 Å². The molecule has 0 heterocycles. The van der Waals surface area contributed by atoms with Crippen LogP contribution in [-0.4, -0.2) is 23.4 Å². The average molecular weight is 354 g/mol. The molecular formula is C21H39NO3. The van der Waals surface area contributed by atoms with Crippen LogP contribution in [0.2, 0.25) is 0 Å². The van der Waals surface area contributed by atoms with Crippen molar-refractivity contribution in [2.45, 2.75) is 92.3 Å². The van der Waals surface area contributed by atoms with Gasteiger partial charge in [0, 0.05) is 5.41 Å². The molecule has 0 unspecified atom stereocenters. The Hall–Kier alpha value is -0.770. The van der Waals surface area contributed by atoms with E-state index in [-0.39, 0.29) is 29.0 Å². The van der Waals surface area contributed by atoms with Crippen LogP contribution in [-0.2, 0) is 4.74 Å². The summed E-state index contributed by atoms with van der Waals surface area (Å²) in [6.07, 6.45) is 5.03. The summed E-state index contributed by atoms with van der Waals surface area (Å²) in [5.74, 6) is 1.59. The number of carbonyl (C=O) groups excluding carboxylic acids is 1. The second-order valence-corrected chi connectivity index (χ2v) is 9.73. The SMILES string of the molecule is CC[C@@H](C)CC[C@H]1[C@@H](C)[C@@H](OC(N)=O)C[C@H]2C(C)(C)CC[C@H](O)[C@]12C. The van der Waals surface area contributed by atoms with E-state index in [1.165, 1.54) is 6.42 Å². The van der Waals surface area contributed by atoms with Gasteiger partial charge in [0.15, 0.2) is 0 Å². The van der Waals surface area contributed by atoms with E-state index in [9.17, 15) is 9.90 Å². The van der Waals surface area contributed by atoms with Crippen LogP contribution < -0.4 is 5.73 Å². The zero-order valence-electron chi connectivity index (χ0n) is 17.0. The lowest BCUT2D eigenvalue weighted by Crippen LogP contribution is -2.61. The van der Waals surface area contributed by atoms with Crippen LogP contribution in [0.3, 0.4) is 0 Å². The number of hydrogen-bond acceptors (Lipinski definition) is 3. The molecular weight excluding hydrogens is 314 g/mol. The number of aliphatic hydroxyl groups excluding tert-OH is 1. The molecule has 2 saturated carbocycles. The maximum Gasteiger partial charge on any atom is 0.404 e. The summed E-state index contributed by atoms with van der Waals surface area (Å²) in [7, 11) is 0. The molecule has 0 spiro atoms. The molecule has 2 aliphatic rings. The fourth-order valence-electron chi connectivity index (χ4n) is 5.97. The van der Waals surface area contributed by atoms with Gasteiger partial charge in [-0.3, -0.25) is 0 Å². The van der Waals surface area contributed by atoms with Crippen molar-refractivity contribution >= 4 is 6.09 Å². The van der Waals surface area contributed by atoms with Gasteiger partial charge in [-0.15, -0.1) is 0 Å². The predicted molar refractivity (Wildman–Crippen MR) is 101 cm³/mol. The van der Waals surface area contributed by atoms with Crippen molar-refractivity contribution in [1.82, 2.24) is 0 Å². The first-order valence-corrected chi connectivity index (χ1v) is 10.2. The molecule has 2 rings (SSSR count). The lowest BCUT2D eigenvalue weighted by molar-refractivity contribution is -0.193. The number of amides is 1. The zero-order valence-corrected chi connectivity index (χ0v) is 17.0. The number of ether oxygens (including phenoxy) is 1. The third kappa shape index (κ3) is 3.84. The Labute approximate surface area is 153 Å². The molecule has 0 bridgehead atoms. The van der Waals surface area contributed by atoms with E-state index >= 15 is 0 Å². The van der Waals surface area contributed by atoms with Gasteiger partial charge in [-0.25, -0.2) is 4.79 Å². The summed E-state index contributed by atoms with van der Waals surface area (Å²) in [6, 6.07) is 0. The van der Waals surface area contributed by atoms with Crippen molar-refractivity contribution in [3.8, 4) is 0 Å². The summed E-state index contributed by atoms with van der Waals surface area (Å²) < 4.78 is 5.55. The van der Waals surface area contributed by atoms with Gasteiger partial charge < -0.3 is 15.6 Å². The number of rotatable bonds is 5. The van der Waals surface area contributed by atoms with Crippen LogP contribution in [0.25, 0.3) is 0 Å². The van der Waals surface area contributed by atoms with Crippen LogP contribution in [0.5, 0.6) is 0 Å². The molecule has 25 heavy (non-hydrogen) atoms. The van der Waals surface area contributed by atoms with Gasteiger partial charge in [0.25, 0.3) is 0 Å². The normalized spacial score (nSPS) is 41.6. The van der Waals surface area contributed by atoms with Gasteiger partial charge >= 0.3 is 6.09 Å². The molecule has 0 aromatic carbocycles. The average Bonchev–Trinajstić information content (AvgIpc) is 2.52. The Morgan fingerprint density at radius 3 is 2.56 bits per heavy atom. The molecule has 0 aromatic heterocycles. The maximum absolute atomic E-state index is 11.4. The smallest absolute Gasteiger partial charge is 0.404 e. The highest BCUT2D eigenvalue weighted by Gasteiger charge is 2.60. The molecule has 7 atom stereocenters. The number of primary amides is 1. The van der Waals surface area contributed by atoms with Gasteiger partial charge in [-0.05, 0) is 54.8 Å². The third-order valence-electron chi connectivity index (χ3n) is 7.90. The summed E-state index contributed by atoms with van der Waals surface area (Å²) in [5.41, 5.74) is 5.38. The fraction of sp³-hybridized carbons (Fsp3) is 0.952. The summed E-state index contributed by atoms with van der Waals surface area (Å²) in [4.78, 5) is 11.4. The van der Waals surface area contributed by atoms with Crippen molar-refractivity contribution in [3.05, 3.63) is 0 Å². The van der Waals surface area contributed by atoms with Gasteiger partial charge in [0.05, 0.1) is 6.10 Å². The number of nitrogens with two attached hydrogens (primary N) is 1. The molecule has 4 heteroatoms. The van der Waals surface area contributed by atoms with Crippen molar-refractivity contribution in [3.63, 3.8) is 0 Å². The van der Waals surface area contributed by atoms with E-state index in [0.29, 0.717) is 17.8 Å². The number of hydrogen-bond donors (Lipinski definition) is 2. The zero-order chi connectivity index (χ0) is 19.0. The Morgan fingerprint density at radius 1 is 1.36 bits per heavy atom. The molecule has 4 nitrogen and oxygen atoms in total. The standard InChI is InChI=1S/C21H39NO3/c1-7-13(2)8-9-15-14(3)16(25-19(22)24)12-17-20(4,5)11-10-18(23)21(15,17)6/h13-18,23H,7-12H2,1-6H3,(H2,22,24)/t13-,14-,15+,16+,17+,18+,21-/m1/s1. The lowest BCUT2D eigenvalue weighted by atomic mass is 9.44.